The number of rotatable bonds is 3. The lowest BCUT2D eigenvalue weighted by Gasteiger charge is -2.39. The Morgan fingerprint density at radius 3 is 2.38 bits per heavy atom. The molecule has 0 bridgehead atoms. The fourth-order valence-corrected chi connectivity index (χ4v) is 4.50. The summed E-state index contributed by atoms with van der Waals surface area (Å²) in [5.74, 6) is 0.662. The summed E-state index contributed by atoms with van der Waals surface area (Å²) in [6.07, 6.45) is 5.18. The van der Waals surface area contributed by atoms with Gasteiger partial charge >= 0.3 is 0 Å². The van der Waals surface area contributed by atoms with E-state index in [2.05, 4.69) is 10.2 Å². The molecule has 1 heterocycles. The van der Waals surface area contributed by atoms with Gasteiger partial charge in [-0.05, 0) is 36.5 Å². The second-order valence-corrected chi connectivity index (χ2v) is 7.29. The molecule has 2 fully saturated rings. The first-order chi connectivity index (χ1) is 10.2. The minimum Gasteiger partial charge on any atom is -0.314 e. The second kappa shape index (κ2) is 7.06. The van der Waals surface area contributed by atoms with Gasteiger partial charge in [0.05, 0.1) is 10.0 Å². The summed E-state index contributed by atoms with van der Waals surface area (Å²) < 4.78 is 0. The van der Waals surface area contributed by atoms with Crippen molar-refractivity contribution in [1.29, 1.82) is 0 Å². The van der Waals surface area contributed by atoms with Crippen LogP contribution in [0, 0.1) is 5.92 Å². The second-order valence-electron chi connectivity index (χ2n) is 6.07. The molecule has 116 valence electrons. The molecule has 2 aliphatic rings. The topological polar surface area (TPSA) is 15.3 Å². The van der Waals surface area contributed by atoms with Crippen LogP contribution in [0.5, 0.6) is 0 Å². The smallest absolute Gasteiger partial charge is 0.0641 e. The van der Waals surface area contributed by atoms with Crippen molar-refractivity contribution in [2.24, 2.45) is 5.92 Å². The minimum absolute atomic E-state index is 0.346. The third-order valence-corrected chi connectivity index (χ3v) is 5.77. The predicted molar refractivity (Wildman–Crippen MR) is 90.6 cm³/mol. The van der Waals surface area contributed by atoms with E-state index in [1.807, 2.05) is 6.07 Å². The maximum atomic E-state index is 6.52. The number of hydrogen-bond donors (Lipinski definition) is 1. The van der Waals surface area contributed by atoms with Crippen LogP contribution in [0.15, 0.2) is 12.1 Å². The molecule has 1 N–H and O–H groups in total. The van der Waals surface area contributed by atoms with Crippen molar-refractivity contribution in [1.82, 2.24) is 10.2 Å². The van der Waals surface area contributed by atoms with Crippen LogP contribution in [0.2, 0.25) is 15.1 Å². The zero-order chi connectivity index (χ0) is 14.8. The van der Waals surface area contributed by atoms with E-state index < -0.39 is 0 Å². The molecule has 0 amide bonds. The molecular formula is C16H21Cl3N2. The molecular weight excluding hydrogens is 327 g/mol. The molecule has 1 aliphatic carbocycles. The van der Waals surface area contributed by atoms with E-state index in [0.29, 0.717) is 27.0 Å². The maximum absolute atomic E-state index is 6.52. The molecule has 0 radical (unpaired) electrons. The summed E-state index contributed by atoms with van der Waals surface area (Å²) in [5, 5.41) is 5.34. The Hall–Kier alpha value is 0.01000. The fraction of sp³-hybridized carbons (Fsp3) is 0.625. The molecule has 0 aromatic heterocycles. The van der Waals surface area contributed by atoms with Crippen molar-refractivity contribution in [3.8, 4) is 0 Å². The highest BCUT2D eigenvalue weighted by Crippen LogP contribution is 2.44. The molecule has 1 atom stereocenters. The SMILES string of the molecule is Clc1cc(Cl)c(Cl)c([C@H](C2CCCC2)N2CCNCC2)c1. The number of halogens is 3. The molecule has 1 aromatic rings. The predicted octanol–water partition coefficient (Wildman–Crippen LogP) is 4.78. The van der Waals surface area contributed by atoms with Crippen LogP contribution in [0.3, 0.4) is 0 Å². The standard InChI is InChI=1S/C16H21Cl3N2/c17-12-9-13(15(19)14(18)10-12)16(11-3-1-2-4-11)21-7-5-20-6-8-21/h9-11,16,20H,1-8H2/t16-/m0/s1. The highest BCUT2D eigenvalue weighted by molar-refractivity contribution is 6.43. The highest BCUT2D eigenvalue weighted by Gasteiger charge is 2.33. The van der Waals surface area contributed by atoms with E-state index >= 15 is 0 Å². The van der Waals surface area contributed by atoms with Gasteiger partial charge in [-0.15, -0.1) is 0 Å². The Balaban J connectivity index is 1.97. The Bertz CT molecular complexity index is 495. The molecule has 0 spiro atoms. The largest absolute Gasteiger partial charge is 0.314 e. The zero-order valence-corrected chi connectivity index (χ0v) is 14.3. The molecule has 1 aliphatic heterocycles. The highest BCUT2D eigenvalue weighted by atomic mass is 35.5. The van der Waals surface area contributed by atoms with Gasteiger partial charge in [-0.1, -0.05) is 47.6 Å². The van der Waals surface area contributed by atoms with Crippen LogP contribution in [0.4, 0.5) is 0 Å². The Morgan fingerprint density at radius 2 is 1.71 bits per heavy atom. The average molecular weight is 348 g/mol. The number of piperazine rings is 1. The zero-order valence-electron chi connectivity index (χ0n) is 12.0. The van der Waals surface area contributed by atoms with Crippen molar-refractivity contribution in [3.63, 3.8) is 0 Å². The lowest BCUT2D eigenvalue weighted by Crippen LogP contribution is -2.46. The van der Waals surface area contributed by atoms with Crippen LogP contribution in [0.1, 0.15) is 37.3 Å². The number of hydrogen-bond acceptors (Lipinski definition) is 2. The van der Waals surface area contributed by atoms with Crippen LogP contribution >= 0.6 is 34.8 Å². The summed E-state index contributed by atoms with van der Waals surface area (Å²) in [6.45, 7) is 4.19. The first-order valence-corrected chi connectivity index (χ1v) is 8.89. The van der Waals surface area contributed by atoms with Gasteiger partial charge in [0, 0.05) is 37.2 Å². The summed E-state index contributed by atoms with van der Waals surface area (Å²) in [7, 11) is 0. The van der Waals surface area contributed by atoms with Crippen LogP contribution < -0.4 is 5.32 Å². The molecule has 21 heavy (non-hydrogen) atoms. The van der Waals surface area contributed by atoms with Crippen molar-refractivity contribution in [3.05, 3.63) is 32.8 Å². The van der Waals surface area contributed by atoms with Crippen molar-refractivity contribution in [2.75, 3.05) is 26.2 Å². The van der Waals surface area contributed by atoms with E-state index in [-0.39, 0.29) is 0 Å². The van der Waals surface area contributed by atoms with Crippen molar-refractivity contribution in [2.45, 2.75) is 31.7 Å². The van der Waals surface area contributed by atoms with Gasteiger partial charge in [-0.25, -0.2) is 0 Å². The van der Waals surface area contributed by atoms with Crippen molar-refractivity contribution < 1.29 is 0 Å². The third kappa shape index (κ3) is 3.51. The van der Waals surface area contributed by atoms with Crippen LogP contribution in [0.25, 0.3) is 0 Å². The van der Waals surface area contributed by atoms with E-state index in [0.717, 1.165) is 31.7 Å². The van der Waals surface area contributed by atoms with E-state index in [1.165, 1.54) is 25.7 Å². The Labute approximate surface area is 141 Å². The Kier molecular flexibility index (Phi) is 5.34. The van der Waals surface area contributed by atoms with E-state index in [9.17, 15) is 0 Å². The summed E-state index contributed by atoms with van der Waals surface area (Å²) in [5.41, 5.74) is 1.11. The molecule has 1 saturated heterocycles. The van der Waals surface area contributed by atoms with Crippen LogP contribution in [-0.4, -0.2) is 31.1 Å². The number of benzene rings is 1. The number of nitrogens with one attached hydrogen (secondary N) is 1. The number of nitrogens with zero attached hydrogens (tertiary/aromatic N) is 1. The quantitative estimate of drug-likeness (QED) is 0.791. The van der Waals surface area contributed by atoms with Crippen LogP contribution in [-0.2, 0) is 0 Å². The van der Waals surface area contributed by atoms with E-state index in [4.69, 9.17) is 34.8 Å². The van der Waals surface area contributed by atoms with Gasteiger partial charge in [-0.3, -0.25) is 4.90 Å². The maximum Gasteiger partial charge on any atom is 0.0641 e. The van der Waals surface area contributed by atoms with Gasteiger partial charge in [-0.2, -0.15) is 0 Å². The molecule has 0 unspecified atom stereocenters. The van der Waals surface area contributed by atoms with Gasteiger partial charge < -0.3 is 5.32 Å². The lowest BCUT2D eigenvalue weighted by atomic mass is 9.89. The average Bonchev–Trinajstić information content (AvgIpc) is 2.99. The third-order valence-electron chi connectivity index (χ3n) is 4.73. The van der Waals surface area contributed by atoms with Gasteiger partial charge in [0.15, 0.2) is 0 Å². The molecule has 2 nitrogen and oxygen atoms in total. The Morgan fingerprint density at radius 1 is 1.05 bits per heavy atom. The normalized spacial score (nSPS) is 22.6. The van der Waals surface area contributed by atoms with E-state index in [1.54, 1.807) is 6.07 Å². The van der Waals surface area contributed by atoms with Crippen molar-refractivity contribution >= 4 is 34.8 Å². The fourth-order valence-electron chi connectivity index (χ4n) is 3.77. The molecule has 1 saturated carbocycles. The first kappa shape index (κ1) is 15.9. The minimum atomic E-state index is 0.346. The van der Waals surface area contributed by atoms with Gasteiger partial charge in [0.1, 0.15) is 0 Å². The summed E-state index contributed by atoms with van der Waals surface area (Å²) in [4.78, 5) is 2.56. The summed E-state index contributed by atoms with van der Waals surface area (Å²) >= 11 is 19.0. The monoisotopic (exact) mass is 346 g/mol. The van der Waals surface area contributed by atoms with Gasteiger partial charge in [0.25, 0.3) is 0 Å². The van der Waals surface area contributed by atoms with Gasteiger partial charge in [0.2, 0.25) is 0 Å². The molecule has 1 aromatic carbocycles. The lowest BCUT2D eigenvalue weighted by molar-refractivity contribution is 0.125. The molecule has 3 rings (SSSR count). The molecule has 5 heteroatoms. The summed E-state index contributed by atoms with van der Waals surface area (Å²) in [6, 6.07) is 4.09. The first-order valence-electron chi connectivity index (χ1n) is 7.76.